The molecule has 0 aliphatic heterocycles. The van der Waals surface area contributed by atoms with Crippen molar-refractivity contribution in [2.45, 2.75) is 20.1 Å². The number of aromatic nitrogens is 4. The number of ether oxygens (including phenoxy) is 2. The Labute approximate surface area is 150 Å². The second-order valence-corrected chi connectivity index (χ2v) is 6.74. The minimum absolute atomic E-state index is 0.557. The van der Waals surface area contributed by atoms with Crippen LogP contribution in [0.4, 0.5) is 0 Å². The van der Waals surface area contributed by atoms with Crippen molar-refractivity contribution in [3.63, 3.8) is 0 Å². The minimum atomic E-state index is 0.557. The van der Waals surface area contributed by atoms with E-state index >= 15 is 0 Å². The van der Waals surface area contributed by atoms with Crippen LogP contribution in [-0.4, -0.2) is 46.4 Å². The first-order valence-corrected chi connectivity index (χ1v) is 8.70. The number of tetrazole rings is 1. The van der Waals surface area contributed by atoms with Crippen LogP contribution < -0.4 is 9.47 Å². The van der Waals surface area contributed by atoms with E-state index in [1.54, 1.807) is 30.4 Å². The predicted molar refractivity (Wildman–Crippen MR) is 96.9 cm³/mol. The Morgan fingerprint density at radius 3 is 2.64 bits per heavy atom. The van der Waals surface area contributed by atoms with Crippen molar-refractivity contribution in [3.05, 3.63) is 40.1 Å². The quantitative estimate of drug-likeness (QED) is 0.646. The minimum Gasteiger partial charge on any atom is -0.493 e. The number of hydrogen-bond donors (Lipinski definition) is 0. The van der Waals surface area contributed by atoms with Crippen molar-refractivity contribution < 1.29 is 9.47 Å². The van der Waals surface area contributed by atoms with E-state index in [-0.39, 0.29) is 0 Å². The van der Waals surface area contributed by atoms with E-state index in [1.165, 1.54) is 10.4 Å². The number of hydrogen-bond acceptors (Lipinski definition) is 7. The van der Waals surface area contributed by atoms with Crippen LogP contribution in [0.15, 0.2) is 29.6 Å². The Bertz CT molecular complexity index is 845. The predicted octanol–water partition coefficient (Wildman–Crippen LogP) is 2.82. The summed E-state index contributed by atoms with van der Waals surface area (Å²) in [7, 11) is 5.25. The van der Waals surface area contributed by atoms with E-state index in [0.717, 1.165) is 12.1 Å². The maximum Gasteiger partial charge on any atom is 0.205 e. The van der Waals surface area contributed by atoms with Crippen molar-refractivity contribution in [1.29, 1.82) is 0 Å². The lowest BCUT2D eigenvalue weighted by Crippen LogP contribution is -2.23. The number of rotatable bonds is 7. The molecule has 0 radical (unpaired) electrons. The summed E-state index contributed by atoms with van der Waals surface area (Å²) in [4.78, 5) is 5.09. The highest BCUT2D eigenvalue weighted by Crippen LogP contribution is 2.30. The molecule has 0 aliphatic carbocycles. The molecule has 0 atom stereocenters. The van der Waals surface area contributed by atoms with Gasteiger partial charge in [-0.25, -0.2) is 0 Å². The molecule has 1 aromatic carbocycles. The Morgan fingerprint density at radius 1 is 1.16 bits per heavy atom. The summed E-state index contributed by atoms with van der Waals surface area (Å²) in [6.45, 7) is 3.55. The number of thiophene rings is 1. The van der Waals surface area contributed by atoms with Gasteiger partial charge in [-0.1, -0.05) is 0 Å². The van der Waals surface area contributed by atoms with Gasteiger partial charge in [0.2, 0.25) is 5.82 Å². The van der Waals surface area contributed by atoms with Crippen LogP contribution in [0, 0.1) is 6.92 Å². The molecule has 132 valence electrons. The molecule has 0 spiro atoms. The lowest BCUT2D eigenvalue weighted by atomic mass is 10.2. The molecule has 0 fully saturated rings. The van der Waals surface area contributed by atoms with Crippen molar-refractivity contribution in [3.8, 4) is 22.9 Å². The molecule has 0 bridgehead atoms. The summed E-state index contributed by atoms with van der Waals surface area (Å²) in [5.41, 5.74) is 2.15. The topological polar surface area (TPSA) is 65.3 Å². The van der Waals surface area contributed by atoms with E-state index < -0.39 is 0 Å². The first-order chi connectivity index (χ1) is 12.1. The van der Waals surface area contributed by atoms with Crippen LogP contribution in [0.1, 0.15) is 10.4 Å². The van der Waals surface area contributed by atoms with Gasteiger partial charge < -0.3 is 9.47 Å². The SMILES string of the molecule is COc1ccc(-c2nnn(CN(C)Cc3sccc3C)n2)cc1OC. The zero-order chi connectivity index (χ0) is 17.8. The summed E-state index contributed by atoms with van der Waals surface area (Å²) in [5, 5.41) is 14.9. The summed E-state index contributed by atoms with van der Waals surface area (Å²) >= 11 is 1.76. The third kappa shape index (κ3) is 3.97. The normalized spacial score (nSPS) is 11.1. The molecule has 0 N–H and O–H groups in total. The smallest absolute Gasteiger partial charge is 0.205 e. The van der Waals surface area contributed by atoms with Gasteiger partial charge in [0.15, 0.2) is 11.5 Å². The first-order valence-electron chi connectivity index (χ1n) is 7.82. The Kier molecular flexibility index (Phi) is 5.30. The van der Waals surface area contributed by atoms with Crippen molar-refractivity contribution in [1.82, 2.24) is 25.1 Å². The lowest BCUT2D eigenvalue weighted by molar-refractivity contribution is 0.228. The third-order valence-electron chi connectivity index (χ3n) is 3.84. The Balaban J connectivity index is 1.71. The molecule has 8 heteroatoms. The fourth-order valence-electron chi connectivity index (χ4n) is 2.47. The fraction of sp³-hybridized carbons (Fsp3) is 0.353. The molecule has 3 aromatic rings. The van der Waals surface area contributed by atoms with Gasteiger partial charge >= 0.3 is 0 Å². The van der Waals surface area contributed by atoms with E-state index in [4.69, 9.17) is 9.47 Å². The van der Waals surface area contributed by atoms with Crippen molar-refractivity contribution in [2.75, 3.05) is 21.3 Å². The molecule has 2 heterocycles. The second kappa shape index (κ2) is 7.62. The first kappa shape index (κ1) is 17.4. The molecule has 0 saturated heterocycles. The molecule has 0 unspecified atom stereocenters. The molecule has 0 amide bonds. The summed E-state index contributed by atoms with van der Waals surface area (Å²) < 4.78 is 10.6. The van der Waals surface area contributed by atoms with Gasteiger partial charge in [-0.15, -0.1) is 26.3 Å². The Hall–Kier alpha value is -2.45. The Morgan fingerprint density at radius 2 is 1.96 bits per heavy atom. The zero-order valence-corrected chi connectivity index (χ0v) is 15.6. The van der Waals surface area contributed by atoms with Gasteiger partial charge in [0, 0.05) is 17.0 Å². The standard InChI is InChI=1S/C17H21N5O2S/c1-12-7-8-25-16(12)10-21(2)11-22-19-17(18-20-22)13-5-6-14(23-3)15(9-13)24-4/h5-9H,10-11H2,1-4H3. The highest BCUT2D eigenvalue weighted by atomic mass is 32.1. The number of nitrogens with zero attached hydrogens (tertiary/aromatic N) is 5. The van der Waals surface area contributed by atoms with Gasteiger partial charge in [0.25, 0.3) is 0 Å². The second-order valence-electron chi connectivity index (χ2n) is 5.74. The number of methoxy groups -OCH3 is 2. The van der Waals surface area contributed by atoms with E-state index in [9.17, 15) is 0 Å². The number of benzene rings is 1. The van der Waals surface area contributed by atoms with Gasteiger partial charge in [-0.3, -0.25) is 4.90 Å². The summed E-state index contributed by atoms with van der Waals surface area (Å²) in [6.07, 6.45) is 0. The van der Waals surface area contributed by atoms with Crippen molar-refractivity contribution in [2.24, 2.45) is 0 Å². The largest absolute Gasteiger partial charge is 0.493 e. The van der Waals surface area contributed by atoms with E-state index in [1.807, 2.05) is 25.2 Å². The molecule has 0 aliphatic rings. The average Bonchev–Trinajstić information content (AvgIpc) is 3.24. The van der Waals surface area contributed by atoms with Gasteiger partial charge in [0.1, 0.15) is 6.67 Å². The maximum atomic E-state index is 5.32. The summed E-state index contributed by atoms with van der Waals surface area (Å²) in [5.74, 6) is 1.87. The molecule has 7 nitrogen and oxygen atoms in total. The van der Waals surface area contributed by atoms with Crippen LogP contribution >= 0.6 is 11.3 Å². The molecule has 3 rings (SSSR count). The fourth-order valence-corrected chi connectivity index (χ4v) is 3.46. The molecule has 2 aromatic heterocycles. The highest BCUT2D eigenvalue weighted by molar-refractivity contribution is 7.10. The van der Waals surface area contributed by atoms with Crippen LogP contribution in [0.3, 0.4) is 0 Å². The lowest BCUT2D eigenvalue weighted by Gasteiger charge is -2.14. The summed E-state index contributed by atoms with van der Waals surface area (Å²) in [6, 6.07) is 7.71. The van der Waals surface area contributed by atoms with Gasteiger partial charge in [-0.2, -0.15) is 0 Å². The number of aryl methyl sites for hydroxylation is 1. The van der Waals surface area contributed by atoms with E-state index in [2.05, 4.69) is 38.7 Å². The highest BCUT2D eigenvalue weighted by Gasteiger charge is 2.12. The molecular weight excluding hydrogens is 338 g/mol. The molecule has 0 saturated carbocycles. The molecule has 25 heavy (non-hydrogen) atoms. The maximum absolute atomic E-state index is 5.32. The average molecular weight is 359 g/mol. The van der Waals surface area contributed by atoms with Crippen LogP contribution in [0.25, 0.3) is 11.4 Å². The zero-order valence-electron chi connectivity index (χ0n) is 14.8. The molecular formula is C17H21N5O2S. The van der Waals surface area contributed by atoms with Crippen LogP contribution in [-0.2, 0) is 13.2 Å². The van der Waals surface area contributed by atoms with Gasteiger partial charge in [0.05, 0.1) is 14.2 Å². The van der Waals surface area contributed by atoms with Gasteiger partial charge in [-0.05, 0) is 54.4 Å². The van der Waals surface area contributed by atoms with E-state index in [0.29, 0.717) is 24.0 Å². The monoisotopic (exact) mass is 359 g/mol. The van der Waals surface area contributed by atoms with Crippen molar-refractivity contribution >= 4 is 11.3 Å². The third-order valence-corrected chi connectivity index (χ3v) is 4.85. The van der Waals surface area contributed by atoms with Crippen LogP contribution in [0.2, 0.25) is 0 Å². The van der Waals surface area contributed by atoms with Crippen LogP contribution in [0.5, 0.6) is 11.5 Å².